The van der Waals surface area contributed by atoms with Crippen LogP contribution in [0, 0.1) is 5.41 Å². The molecule has 0 aliphatic carbocycles. The third kappa shape index (κ3) is 8.99. The molecule has 0 fully saturated rings. The molecular formula is C15H30N2O8S. The molecule has 0 bridgehead atoms. The molecule has 11 heteroatoms. The first-order chi connectivity index (χ1) is 11.5. The zero-order chi connectivity index (χ0) is 21.4. The Balaban J connectivity index is 0. The van der Waals surface area contributed by atoms with Gasteiger partial charge in [-0.3, -0.25) is 4.79 Å². The fraction of sp³-hybridized carbons (Fsp3) is 0.800. The summed E-state index contributed by atoms with van der Waals surface area (Å²) in [5.74, 6) is -2.58. The summed E-state index contributed by atoms with van der Waals surface area (Å²) in [4.78, 5) is 32.3. The van der Waals surface area contributed by atoms with Gasteiger partial charge in [-0.05, 0) is 26.2 Å². The van der Waals surface area contributed by atoms with E-state index in [1.54, 1.807) is 20.8 Å². The van der Waals surface area contributed by atoms with E-state index in [-0.39, 0.29) is 18.8 Å². The van der Waals surface area contributed by atoms with Crippen molar-refractivity contribution in [2.75, 3.05) is 18.1 Å². The molecule has 0 heterocycles. The molecule has 1 unspecified atom stereocenters. The molecule has 5 N–H and O–H groups in total. The standard InChI is InChI=1S/C14H28N2O6S.CH2O2/c1-12(2,3)14(10(17)18,9-23(20,21)8-7-15)16-11(19)22-13(4,5)6;2-1-3/h7-9,15H2,1-6H3,(H,16,19)(H,17,18);1H,(H,2,3). The van der Waals surface area contributed by atoms with Crippen LogP contribution in [-0.2, 0) is 24.2 Å². The highest BCUT2D eigenvalue weighted by Gasteiger charge is 2.53. The van der Waals surface area contributed by atoms with Crippen molar-refractivity contribution < 1.29 is 37.8 Å². The molecule has 0 aromatic rings. The maximum Gasteiger partial charge on any atom is 0.408 e. The van der Waals surface area contributed by atoms with Crippen LogP contribution in [-0.4, -0.2) is 66.4 Å². The number of sulfone groups is 1. The fourth-order valence-corrected chi connectivity index (χ4v) is 3.73. The van der Waals surface area contributed by atoms with Gasteiger partial charge < -0.3 is 26.0 Å². The molecule has 154 valence electrons. The van der Waals surface area contributed by atoms with E-state index in [0.717, 1.165) is 0 Å². The number of hydrogen-bond donors (Lipinski definition) is 4. The van der Waals surface area contributed by atoms with Crippen LogP contribution in [0.1, 0.15) is 41.5 Å². The molecule has 0 aromatic carbocycles. The largest absolute Gasteiger partial charge is 0.483 e. The lowest BCUT2D eigenvalue weighted by atomic mass is 9.74. The zero-order valence-electron chi connectivity index (χ0n) is 16.0. The molecule has 0 aliphatic rings. The Hall–Kier alpha value is -1.88. The molecule has 26 heavy (non-hydrogen) atoms. The van der Waals surface area contributed by atoms with E-state index in [0.29, 0.717) is 0 Å². The first-order valence-corrected chi connectivity index (χ1v) is 9.53. The third-order valence-corrected chi connectivity index (χ3v) is 4.96. The number of alkyl carbamates (subject to hydrolysis) is 1. The van der Waals surface area contributed by atoms with Gasteiger partial charge in [0.25, 0.3) is 6.47 Å². The van der Waals surface area contributed by atoms with E-state index in [1.165, 1.54) is 20.8 Å². The molecule has 1 amide bonds. The number of hydrogen-bond acceptors (Lipinski definition) is 7. The van der Waals surface area contributed by atoms with Crippen molar-refractivity contribution in [1.29, 1.82) is 0 Å². The summed E-state index contributed by atoms with van der Waals surface area (Å²) in [5.41, 5.74) is 1.30. The van der Waals surface area contributed by atoms with Crippen molar-refractivity contribution in [2.45, 2.75) is 52.7 Å². The molecular weight excluding hydrogens is 368 g/mol. The first kappa shape index (κ1) is 26.4. The normalized spacial score (nSPS) is 14.3. The van der Waals surface area contributed by atoms with E-state index >= 15 is 0 Å². The van der Waals surface area contributed by atoms with Crippen LogP contribution in [0.5, 0.6) is 0 Å². The van der Waals surface area contributed by atoms with Crippen LogP contribution in [0.3, 0.4) is 0 Å². The molecule has 0 aromatic heterocycles. The number of aliphatic carboxylic acids is 1. The van der Waals surface area contributed by atoms with Crippen LogP contribution < -0.4 is 11.1 Å². The van der Waals surface area contributed by atoms with Crippen molar-refractivity contribution in [3.8, 4) is 0 Å². The second-order valence-corrected chi connectivity index (χ2v) is 9.76. The topological polar surface area (TPSA) is 173 Å². The lowest BCUT2D eigenvalue weighted by molar-refractivity contribution is -0.148. The number of carbonyl (C=O) groups excluding carboxylic acids is 1. The maximum absolute atomic E-state index is 12.1. The summed E-state index contributed by atoms with van der Waals surface area (Å²) in [6, 6.07) is 0. The van der Waals surface area contributed by atoms with E-state index in [4.69, 9.17) is 20.4 Å². The lowest BCUT2D eigenvalue weighted by Gasteiger charge is -2.41. The number of nitrogens with one attached hydrogen (secondary N) is 1. The molecule has 10 nitrogen and oxygen atoms in total. The number of carbonyl (C=O) groups is 3. The van der Waals surface area contributed by atoms with Crippen LogP contribution in [0.2, 0.25) is 0 Å². The molecule has 0 saturated heterocycles. The number of rotatable bonds is 6. The quantitative estimate of drug-likeness (QED) is 0.463. The van der Waals surface area contributed by atoms with Gasteiger partial charge in [0.1, 0.15) is 5.60 Å². The second-order valence-electron chi connectivity index (χ2n) is 7.57. The summed E-state index contributed by atoms with van der Waals surface area (Å²) in [5, 5.41) is 18.8. The Morgan fingerprint density at radius 3 is 1.85 bits per heavy atom. The summed E-state index contributed by atoms with van der Waals surface area (Å²) in [6.45, 7) is 9.10. The van der Waals surface area contributed by atoms with Gasteiger partial charge in [-0.2, -0.15) is 0 Å². The minimum Gasteiger partial charge on any atom is -0.483 e. The van der Waals surface area contributed by atoms with Crippen LogP contribution in [0.15, 0.2) is 0 Å². The Morgan fingerprint density at radius 2 is 1.58 bits per heavy atom. The Labute approximate surface area is 154 Å². The predicted octanol–water partition coefficient (Wildman–Crippen LogP) is 0.455. The van der Waals surface area contributed by atoms with Crippen molar-refractivity contribution >= 4 is 28.4 Å². The highest BCUT2D eigenvalue weighted by molar-refractivity contribution is 7.91. The summed E-state index contributed by atoms with van der Waals surface area (Å²) < 4.78 is 29.3. The number of carboxylic acids is 1. The SMILES string of the molecule is CC(C)(C)OC(=O)NC(CS(=O)(=O)CCN)(C(=O)O)C(C)(C)C.O=CO. The highest BCUT2D eigenvalue weighted by Crippen LogP contribution is 2.33. The van der Waals surface area contributed by atoms with Gasteiger partial charge >= 0.3 is 12.1 Å². The van der Waals surface area contributed by atoms with Gasteiger partial charge in [-0.25, -0.2) is 18.0 Å². The van der Waals surface area contributed by atoms with Gasteiger partial charge in [0.05, 0.1) is 11.5 Å². The Bertz CT molecular complexity index is 590. The van der Waals surface area contributed by atoms with Gasteiger partial charge in [0.2, 0.25) is 0 Å². The van der Waals surface area contributed by atoms with Gasteiger partial charge in [-0.1, -0.05) is 20.8 Å². The zero-order valence-corrected chi connectivity index (χ0v) is 16.8. The monoisotopic (exact) mass is 398 g/mol. The number of amides is 1. The average Bonchev–Trinajstić information content (AvgIpc) is 2.34. The summed E-state index contributed by atoms with van der Waals surface area (Å²) >= 11 is 0. The van der Waals surface area contributed by atoms with Crippen LogP contribution in [0.25, 0.3) is 0 Å². The van der Waals surface area contributed by atoms with E-state index in [1.807, 2.05) is 0 Å². The van der Waals surface area contributed by atoms with Crippen molar-refractivity contribution in [2.24, 2.45) is 11.1 Å². The summed E-state index contributed by atoms with van der Waals surface area (Å²) in [6.07, 6.45) is -0.988. The first-order valence-electron chi connectivity index (χ1n) is 7.71. The predicted molar refractivity (Wildman–Crippen MR) is 95.6 cm³/mol. The second kappa shape index (κ2) is 9.72. The molecule has 0 saturated carbocycles. The van der Waals surface area contributed by atoms with Crippen molar-refractivity contribution in [1.82, 2.24) is 5.32 Å². The van der Waals surface area contributed by atoms with Crippen LogP contribution in [0.4, 0.5) is 4.79 Å². The van der Waals surface area contributed by atoms with Crippen molar-refractivity contribution in [3.63, 3.8) is 0 Å². The Kier molecular flexibility index (Phi) is 9.85. The third-order valence-electron chi connectivity index (χ3n) is 3.23. The van der Waals surface area contributed by atoms with Crippen molar-refractivity contribution in [3.05, 3.63) is 0 Å². The maximum atomic E-state index is 12.1. The highest BCUT2D eigenvalue weighted by atomic mass is 32.2. The van der Waals surface area contributed by atoms with Gasteiger partial charge in [0.15, 0.2) is 15.4 Å². The molecule has 0 rings (SSSR count). The Morgan fingerprint density at radius 1 is 1.15 bits per heavy atom. The van der Waals surface area contributed by atoms with Gasteiger partial charge in [0, 0.05) is 6.54 Å². The van der Waals surface area contributed by atoms with Gasteiger partial charge in [-0.15, -0.1) is 0 Å². The summed E-state index contributed by atoms with van der Waals surface area (Å²) in [7, 11) is -3.78. The van der Waals surface area contributed by atoms with E-state index in [9.17, 15) is 23.1 Å². The number of carboxylic acid groups (broad SMARTS) is 2. The average molecular weight is 398 g/mol. The molecule has 0 aliphatic heterocycles. The smallest absolute Gasteiger partial charge is 0.408 e. The molecule has 0 spiro atoms. The number of nitrogens with two attached hydrogens (primary N) is 1. The minimum absolute atomic E-state index is 0.130. The molecule has 1 atom stereocenters. The minimum atomic E-state index is -3.78. The molecule has 0 radical (unpaired) electrons. The number of ether oxygens (including phenoxy) is 1. The van der Waals surface area contributed by atoms with E-state index in [2.05, 4.69) is 5.32 Å². The fourth-order valence-electron chi connectivity index (χ4n) is 1.94. The lowest BCUT2D eigenvalue weighted by Crippen LogP contribution is -2.66. The van der Waals surface area contributed by atoms with Crippen LogP contribution >= 0.6 is 0 Å². The van der Waals surface area contributed by atoms with E-state index < -0.39 is 44.2 Å².